The Kier molecular flexibility index (Phi) is 3.54. The summed E-state index contributed by atoms with van der Waals surface area (Å²) in [4.78, 5) is 2.62. The van der Waals surface area contributed by atoms with Crippen LogP contribution in [-0.4, -0.2) is 40.2 Å². The molecule has 0 bridgehead atoms. The largest absolute Gasteiger partial charge is 0.300 e. The highest BCUT2D eigenvalue weighted by Gasteiger charge is 2.47. The lowest BCUT2D eigenvalue weighted by atomic mass is 9.78. The third-order valence-corrected chi connectivity index (χ3v) is 4.48. The Morgan fingerprint density at radius 2 is 1.35 bits per heavy atom. The molecule has 1 radical (unpaired) electrons. The van der Waals surface area contributed by atoms with Crippen molar-refractivity contribution in [3.8, 4) is 0 Å². The van der Waals surface area contributed by atoms with Gasteiger partial charge in [0.15, 0.2) is 0 Å². The summed E-state index contributed by atoms with van der Waals surface area (Å²) in [5.74, 6) is 0. The van der Waals surface area contributed by atoms with Crippen LogP contribution in [0.3, 0.4) is 0 Å². The minimum Gasteiger partial charge on any atom is -0.300 e. The zero-order valence-corrected chi connectivity index (χ0v) is 11.8. The van der Waals surface area contributed by atoms with Gasteiger partial charge in [0, 0.05) is 17.1 Å². The zero-order chi connectivity index (χ0) is 12.7. The molecule has 99 valence electrons. The van der Waals surface area contributed by atoms with Gasteiger partial charge in [-0.15, -0.1) is 10.3 Å². The van der Waals surface area contributed by atoms with Gasteiger partial charge in [0.25, 0.3) is 0 Å². The predicted octanol–water partition coefficient (Wildman–Crippen LogP) is 2.84. The lowest BCUT2D eigenvalue weighted by Crippen LogP contribution is -2.62. The van der Waals surface area contributed by atoms with Crippen molar-refractivity contribution in [1.82, 2.24) is 9.96 Å². The van der Waals surface area contributed by atoms with Crippen LogP contribution in [0.5, 0.6) is 0 Å². The minimum atomic E-state index is -0.218. The van der Waals surface area contributed by atoms with Crippen LogP contribution in [0.4, 0.5) is 0 Å². The van der Waals surface area contributed by atoms with Gasteiger partial charge in [-0.2, -0.15) is 0 Å². The number of hydrogen-bond donors (Lipinski definition) is 0. The summed E-state index contributed by atoms with van der Waals surface area (Å²) < 4.78 is 0. The van der Waals surface area contributed by atoms with Crippen LogP contribution in [0.2, 0.25) is 0 Å². The molecule has 3 nitrogen and oxygen atoms in total. The second-order valence-electron chi connectivity index (χ2n) is 7.08. The van der Waals surface area contributed by atoms with Gasteiger partial charge in [-0.3, -0.25) is 0 Å². The van der Waals surface area contributed by atoms with Crippen molar-refractivity contribution >= 4 is 0 Å². The SMILES string of the molecule is CC1(C)CC(N2CCCCC2)CC(C)(C)N1[O]. The Morgan fingerprint density at radius 1 is 0.882 bits per heavy atom. The summed E-state index contributed by atoms with van der Waals surface area (Å²) in [5, 5.41) is 13.6. The van der Waals surface area contributed by atoms with E-state index in [2.05, 4.69) is 32.6 Å². The molecule has 0 N–H and O–H groups in total. The van der Waals surface area contributed by atoms with Crippen LogP contribution >= 0.6 is 0 Å². The Balaban J connectivity index is 2.09. The first kappa shape index (κ1) is 13.3. The van der Waals surface area contributed by atoms with Crippen molar-refractivity contribution in [1.29, 1.82) is 0 Å². The van der Waals surface area contributed by atoms with E-state index in [0.29, 0.717) is 6.04 Å². The first-order chi connectivity index (χ1) is 7.83. The fourth-order valence-electron chi connectivity index (χ4n) is 3.75. The quantitative estimate of drug-likeness (QED) is 0.703. The van der Waals surface area contributed by atoms with Gasteiger partial charge in [-0.1, -0.05) is 6.42 Å². The highest BCUT2D eigenvalue weighted by Crippen LogP contribution is 2.39. The van der Waals surface area contributed by atoms with E-state index in [1.807, 2.05) is 0 Å². The van der Waals surface area contributed by atoms with Crippen molar-refractivity contribution in [3.05, 3.63) is 0 Å². The number of piperidine rings is 2. The number of nitrogens with zero attached hydrogens (tertiary/aromatic N) is 2. The third kappa shape index (κ3) is 2.67. The second-order valence-corrected chi connectivity index (χ2v) is 7.08. The van der Waals surface area contributed by atoms with E-state index in [1.54, 1.807) is 0 Å². The molecule has 2 fully saturated rings. The fourth-order valence-corrected chi connectivity index (χ4v) is 3.75. The molecule has 0 unspecified atom stereocenters. The number of hydrogen-bond acceptors (Lipinski definition) is 2. The van der Waals surface area contributed by atoms with Crippen LogP contribution in [0.25, 0.3) is 0 Å². The lowest BCUT2D eigenvalue weighted by molar-refractivity contribution is -0.294. The second kappa shape index (κ2) is 4.52. The fraction of sp³-hybridized carbons (Fsp3) is 1.00. The van der Waals surface area contributed by atoms with Crippen molar-refractivity contribution in [3.63, 3.8) is 0 Å². The van der Waals surface area contributed by atoms with Crippen LogP contribution in [0.1, 0.15) is 59.8 Å². The summed E-state index contributed by atoms with van der Waals surface area (Å²) in [6.45, 7) is 10.8. The van der Waals surface area contributed by atoms with Crippen LogP contribution in [0, 0.1) is 0 Å². The summed E-state index contributed by atoms with van der Waals surface area (Å²) in [5.41, 5.74) is -0.437. The monoisotopic (exact) mass is 239 g/mol. The summed E-state index contributed by atoms with van der Waals surface area (Å²) in [7, 11) is 0. The molecule has 2 aliphatic rings. The topological polar surface area (TPSA) is 26.4 Å². The molecule has 2 heterocycles. The smallest absolute Gasteiger partial charge is 0.0458 e. The third-order valence-electron chi connectivity index (χ3n) is 4.48. The van der Waals surface area contributed by atoms with Gasteiger partial charge in [-0.05, 0) is 66.5 Å². The maximum Gasteiger partial charge on any atom is 0.0458 e. The summed E-state index contributed by atoms with van der Waals surface area (Å²) >= 11 is 0. The number of hydroxylamine groups is 2. The van der Waals surface area contributed by atoms with Crippen molar-refractivity contribution in [2.75, 3.05) is 13.1 Å². The standard InChI is InChI=1S/C14H27N2O/c1-13(2)10-12(11-14(3,4)16(13)17)15-8-6-5-7-9-15/h12H,5-11H2,1-4H3. The highest BCUT2D eigenvalue weighted by molar-refractivity contribution is 4.99. The molecule has 0 atom stereocenters. The Morgan fingerprint density at radius 3 is 1.82 bits per heavy atom. The molecular formula is C14H27N2O. The molecule has 0 amide bonds. The van der Waals surface area contributed by atoms with E-state index < -0.39 is 0 Å². The van der Waals surface area contributed by atoms with Gasteiger partial charge < -0.3 is 4.90 Å². The van der Waals surface area contributed by atoms with E-state index >= 15 is 0 Å². The summed E-state index contributed by atoms with van der Waals surface area (Å²) in [6, 6.07) is 0.602. The first-order valence-electron chi connectivity index (χ1n) is 7.04. The maximum atomic E-state index is 12.3. The molecule has 0 aliphatic carbocycles. The normalized spacial score (nSPS) is 31.6. The predicted molar refractivity (Wildman–Crippen MR) is 69.1 cm³/mol. The molecule has 2 saturated heterocycles. The number of rotatable bonds is 1. The van der Waals surface area contributed by atoms with Crippen molar-refractivity contribution in [2.45, 2.75) is 76.9 Å². The van der Waals surface area contributed by atoms with E-state index in [1.165, 1.54) is 37.4 Å². The maximum absolute atomic E-state index is 12.3. The number of likely N-dealkylation sites (tertiary alicyclic amines) is 1. The minimum absolute atomic E-state index is 0.218. The molecule has 0 aromatic rings. The molecule has 17 heavy (non-hydrogen) atoms. The zero-order valence-electron chi connectivity index (χ0n) is 11.8. The van der Waals surface area contributed by atoms with Gasteiger partial charge in [0.1, 0.15) is 0 Å². The Labute approximate surface area is 106 Å². The van der Waals surface area contributed by atoms with Crippen LogP contribution in [0.15, 0.2) is 0 Å². The molecule has 2 rings (SSSR count). The van der Waals surface area contributed by atoms with Crippen LogP contribution < -0.4 is 0 Å². The van der Waals surface area contributed by atoms with E-state index in [4.69, 9.17) is 0 Å². The molecule has 2 aliphatic heterocycles. The highest BCUT2D eigenvalue weighted by atomic mass is 16.5. The molecule has 3 heteroatoms. The van der Waals surface area contributed by atoms with E-state index in [9.17, 15) is 5.21 Å². The average Bonchev–Trinajstić information content (AvgIpc) is 2.26. The molecule has 0 aromatic heterocycles. The van der Waals surface area contributed by atoms with Crippen molar-refractivity contribution in [2.24, 2.45) is 0 Å². The van der Waals surface area contributed by atoms with Gasteiger partial charge in [0.2, 0.25) is 0 Å². The summed E-state index contributed by atoms with van der Waals surface area (Å²) in [6.07, 6.45) is 6.07. The van der Waals surface area contributed by atoms with E-state index in [0.717, 1.165) is 12.8 Å². The van der Waals surface area contributed by atoms with Crippen LogP contribution in [-0.2, 0) is 5.21 Å². The van der Waals surface area contributed by atoms with E-state index in [-0.39, 0.29) is 11.1 Å². The van der Waals surface area contributed by atoms with Gasteiger partial charge in [-0.25, -0.2) is 0 Å². The van der Waals surface area contributed by atoms with Gasteiger partial charge >= 0.3 is 0 Å². The molecule has 0 aromatic carbocycles. The Bertz CT molecular complexity index is 251. The average molecular weight is 239 g/mol. The molecular weight excluding hydrogens is 212 g/mol. The van der Waals surface area contributed by atoms with Gasteiger partial charge in [0.05, 0.1) is 0 Å². The molecule has 0 saturated carbocycles. The Hall–Kier alpha value is -0.120. The first-order valence-corrected chi connectivity index (χ1v) is 7.04. The molecule has 0 spiro atoms. The van der Waals surface area contributed by atoms with Crippen molar-refractivity contribution < 1.29 is 5.21 Å². The lowest BCUT2D eigenvalue weighted by Gasteiger charge is -2.53.